The highest BCUT2D eigenvalue weighted by Crippen LogP contribution is 2.21. The Labute approximate surface area is 131 Å². The largest absolute Gasteiger partial charge is 0.478 e. The summed E-state index contributed by atoms with van der Waals surface area (Å²) >= 11 is 0. The van der Waals surface area contributed by atoms with E-state index in [1.807, 2.05) is 0 Å². The van der Waals surface area contributed by atoms with Crippen LogP contribution in [0.5, 0.6) is 0 Å². The molecular weight excluding hydrogens is 280 g/mol. The zero-order chi connectivity index (χ0) is 15.8. The Balaban J connectivity index is 2.01. The lowest BCUT2D eigenvalue weighted by Crippen LogP contribution is -2.20. The minimum atomic E-state index is -1.10. The molecule has 1 aliphatic rings. The van der Waals surface area contributed by atoms with Gasteiger partial charge in [-0.25, -0.2) is 9.59 Å². The van der Waals surface area contributed by atoms with Crippen molar-refractivity contribution in [2.75, 3.05) is 0 Å². The number of carboxylic acid groups (broad SMARTS) is 1. The van der Waals surface area contributed by atoms with E-state index in [0.29, 0.717) is 0 Å². The van der Waals surface area contributed by atoms with Crippen molar-refractivity contribution in [1.82, 2.24) is 0 Å². The molecule has 1 fully saturated rings. The molecule has 0 radical (unpaired) electrons. The van der Waals surface area contributed by atoms with Crippen molar-refractivity contribution >= 4 is 11.9 Å². The number of carbonyl (C=O) groups is 2. The van der Waals surface area contributed by atoms with Gasteiger partial charge in [-0.2, -0.15) is 0 Å². The van der Waals surface area contributed by atoms with E-state index >= 15 is 0 Å². The summed E-state index contributed by atoms with van der Waals surface area (Å²) in [5, 5.41) is 9.16. The monoisotopic (exact) mass is 304 g/mol. The Morgan fingerprint density at radius 2 is 1.36 bits per heavy atom. The topological polar surface area (TPSA) is 63.6 Å². The number of benzene rings is 1. The fraction of sp³-hybridized carbons (Fsp3) is 0.556. The van der Waals surface area contributed by atoms with Gasteiger partial charge in [-0.3, -0.25) is 0 Å². The molecule has 0 saturated heterocycles. The highest BCUT2D eigenvalue weighted by atomic mass is 16.5. The summed E-state index contributed by atoms with van der Waals surface area (Å²) in [7, 11) is 0. The van der Waals surface area contributed by atoms with Gasteiger partial charge in [-0.15, -0.1) is 0 Å². The van der Waals surface area contributed by atoms with Crippen molar-refractivity contribution in [3.8, 4) is 0 Å². The number of ether oxygens (including phenoxy) is 1. The van der Waals surface area contributed by atoms with E-state index < -0.39 is 11.9 Å². The Hall–Kier alpha value is -1.84. The molecule has 22 heavy (non-hydrogen) atoms. The average Bonchev–Trinajstić information content (AvgIpc) is 2.53. The first-order valence-corrected chi connectivity index (χ1v) is 8.22. The quantitative estimate of drug-likeness (QED) is 0.839. The van der Waals surface area contributed by atoms with Crippen molar-refractivity contribution in [2.45, 2.75) is 63.9 Å². The van der Waals surface area contributed by atoms with Gasteiger partial charge in [-0.05, 0) is 37.8 Å². The normalized spacial score (nSPS) is 17.6. The molecule has 0 aliphatic heterocycles. The Bertz CT molecular complexity index is 500. The molecule has 1 aromatic rings. The van der Waals surface area contributed by atoms with Crippen molar-refractivity contribution in [3.05, 3.63) is 35.4 Å². The summed E-state index contributed by atoms with van der Waals surface area (Å²) < 4.78 is 5.60. The molecule has 1 aromatic carbocycles. The molecule has 0 heterocycles. The van der Waals surface area contributed by atoms with Crippen LogP contribution in [0.1, 0.15) is 78.5 Å². The van der Waals surface area contributed by atoms with Crippen LogP contribution in [0.15, 0.2) is 24.3 Å². The van der Waals surface area contributed by atoms with E-state index in [1.165, 1.54) is 44.2 Å². The lowest BCUT2D eigenvalue weighted by molar-refractivity contribution is 0.0241. The molecule has 0 unspecified atom stereocenters. The first kappa shape index (κ1) is 16.5. The van der Waals surface area contributed by atoms with Crippen molar-refractivity contribution in [1.29, 1.82) is 0 Å². The van der Waals surface area contributed by atoms with E-state index in [4.69, 9.17) is 9.84 Å². The van der Waals surface area contributed by atoms with Gasteiger partial charge in [-0.1, -0.05) is 44.2 Å². The lowest BCUT2D eigenvalue weighted by Gasteiger charge is -2.19. The third kappa shape index (κ3) is 4.86. The molecule has 0 spiro atoms. The average molecular weight is 304 g/mol. The minimum absolute atomic E-state index is 0.00682. The van der Waals surface area contributed by atoms with Crippen LogP contribution in [0.25, 0.3) is 0 Å². The van der Waals surface area contributed by atoms with Crippen LogP contribution in [0.4, 0.5) is 0 Å². The summed E-state index contributed by atoms with van der Waals surface area (Å²) in [4.78, 5) is 23.5. The number of rotatable bonds is 3. The summed E-state index contributed by atoms with van der Waals surface area (Å²) in [5.41, 5.74) is 0.152. The van der Waals surface area contributed by atoms with Gasteiger partial charge in [0.15, 0.2) is 0 Å². The van der Waals surface area contributed by atoms with Crippen LogP contribution < -0.4 is 0 Å². The van der Waals surface area contributed by atoms with Crippen molar-refractivity contribution in [3.63, 3.8) is 0 Å². The second kappa shape index (κ2) is 8.57. The van der Waals surface area contributed by atoms with Gasteiger partial charge in [0.05, 0.1) is 11.1 Å². The molecule has 2 rings (SSSR count). The van der Waals surface area contributed by atoms with Gasteiger partial charge in [0.25, 0.3) is 0 Å². The smallest absolute Gasteiger partial charge is 0.339 e. The molecule has 0 amide bonds. The van der Waals surface area contributed by atoms with Gasteiger partial charge in [0.2, 0.25) is 0 Å². The number of carboxylic acids is 1. The van der Waals surface area contributed by atoms with E-state index in [0.717, 1.165) is 25.7 Å². The maximum absolute atomic E-state index is 12.3. The van der Waals surface area contributed by atoms with E-state index in [-0.39, 0.29) is 17.2 Å². The van der Waals surface area contributed by atoms with Crippen LogP contribution in [0, 0.1) is 0 Å². The van der Waals surface area contributed by atoms with Crippen LogP contribution in [-0.2, 0) is 4.74 Å². The molecule has 4 nitrogen and oxygen atoms in total. The first-order valence-electron chi connectivity index (χ1n) is 8.22. The van der Waals surface area contributed by atoms with Gasteiger partial charge in [0, 0.05) is 0 Å². The Morgan fingerprint density at radius 1 is 0.864 bits per heavy atom. The molecule has 0 atom stereocenters. The second-order valence-electron chi connectivity index (χ2n) is 5.93. The molecule has 0 aromatic heterocycles. The summed E-state index contributed by atoms with van der Waals surface area (Å²) in [6, 6.07) is 6.23. The molecule has 120 valence electrons. The number of carbonyl (C=O) groups excluding carboxylic acids is 1. The van der Waals surface area contributed by atoms with Crippen molar-refractivity contribution < 1.29 is 19.4 Å². The summed E-state index contributed by atoms with van der Waals surface area (Å²) in [6.07, 6.45) is 9.97. The van der Waals surface area contributed by atoms with Crippen molar-refractivity contribution in [2.24, 2.45) is 0 Å². The number of aromatic carboxylic acids is 1. The van der Waals surface area contributed by atoms with Crippen LogP contribution in [-0.4, -0.2) is 23.1 Å². The highest BCUT2D eigenvalue weighted by molar-refractivity contribution is 6.02. The second-order valence-corrected chi connectivity index (χ2v) is 5.93. The zero-order valence-electron chi connectivity index (χ0n) is 12.9. The SMILES string of the molecule is O=C(O)c1ccccc1C(=O)OC1CCCCCCCCC1. The first-order chi connectivity index (χ1) is 10.7. The third-order valence-corrected chi connectivity index (χ3v) is 4.20. The predicted octanol–water partition coefficient (Wildman–Crippen LogP) is 4.43. The maximum atomic E-state index is 12.3. The minimum Gasteiger partial charge on any atom is -0.478 e. The molecule has 1 aliphatic carbocycles. The molecular formula is C18H24O4. The Morgan fingerprint density at radius 3 is 1.91 bits per heavy atom. The molecule has 0 bridgehead atoms. The third-order valence-electron chi connectivity index (χ3n) is 4.20. The number of esters is 1. The van der Waals surface area contributed by atoms with E-state index in [2.05, 4.69) is 0 Å². The van der Waals surface area contributed by atoms with E-state index in [1.54, 1.807) is 12.1 Å². The molecule has 1 saturated carbocycles. The fourth-order valence-electron chi connectivity index (χ4n) is 2.95. The summed E-state index contributed by atoms with van der Waals surface area (Å²) in [5.74, 6) is -1.61. The number of hydrogen-bond acceptors (Lipinski definition) is 3. The standard InChI is InChI=1S/C18H24O4/c19-17(20)15-12-8-9-13-16(15)18(21)22-14-10-6-4-2-1-3-5-7-11-14/h8-9,12-14H,1-7,10-11H2,(H,19,20). The summed E-state index contributed by atoms with van der Waals surface area (Å²) in [6.45, 7) is 0. The van der Waals surface area contributed by atoms with E-state index in [9.17, 15) is 9.59 Å². The lowest BCUT2D eigenvalue weighted by atomic mass is 9.99. The van der Waals surface area contributed by atoms with Gasteiger partial charge >= 0.3 is 11.9 Å². The Kier molecular flexibility index (Phi) is 6.44. The molecule has 4 heteroatoms. The zero-order valence-corrected chi connectivity index (χ0v) is 12.9. The predicted molar refractivity (Wildman–Crippen MR) is 84.2 cm³/mol. The van der Waals surface area contributed by atoms with Crippen LogP contribution in [0.3, 0.4) is 0 Å². The molecule has 1 N–H and O–H groups in total. The van der Waals surface area contributed by atoms with Gasteiger partial charge < -0.3 is 9.84 Å². The number of hydrogen-bond donors (Lipinski definition) is 1. The fourth-order valence-corrected chi connectivity index (χ4v) is 2.95. The van der Waals surface area contributed by atoms with Crippen LogP contribution >= 0.6 is 0 Å². The van der Waals surface area contributed by atoms with Crippen LogP contribution in [0.2, 0.25) is 0 Å². The van der Waals surface area contributed by atoms with Gasteiger partial charge in [0.1, 0.15) is 6.10 Å². The highest BCUT2D eigenvalue weighted by Gasteiger charge is 2.21. The maximum Gasteiger partial charge on any atom is 0.339 e.